The van der Waals surface area contributed by atoms with Crippen molar-refractivity contribution in [3.8, 4) is 5.75 Å². The van der Waals surface area contributed by atoms with Crippen molar-refractivity contribution >= 4 is 17.3 Å². The molecule has 2 N–H and O–H groups in total. The van der Waals surface area contributed by atoms with Gasteiger partial charge in [-0.05, 0) is 12.1 Å². The molecule has 84 valence electrons. The number of benzene rings is 1. The number of hydrogen-bond acceptors (Lipinski definition) is 3. The first-order valence-corrected chi connectivity index (χ1v) is 5.55. The van der Waals surface area contributed by atoms with Gasteiger partial charge in [0.25, 0.3) is 0 Å². The Bertz CT molecular complexity index is 281. The molecule has 0 aliphatic rings. The highest BCUT2D eigenvalue weighted by Crippen LogP contribution is 2.15. The molecule has 0 aromatic heterocycles. The monoisotopic (exact) mass is 228 g/mol. The van der Waals surface area contributed by atoms with E-state index < -0.39 is 0 Å². The largest absolute Gasteiger partial charge is 0.497 e. The second-order valence-electron chi connectivity index (χ2n) is 3.10. The van der Waals surface area contributed by atoms with E-state index in [-0.39, 0.29) is 0 Å². The van der Waals surface area contributed by atoms with Crippen LogP contribution in [0.2, 0.25) is 0 Å². The summed E-state index contributed by atoms with van der Waals surface area (Å²) >= 11 is 5.54. The molecule has 0 amide bonds. The molecule has 1 aromatic rings. The second kappa shape index (κ2) is 7.37. The number of ether oxygens (including phenoxy) is 1. The summed E-state index contributed by atoms with van der Waals surface area (Å²) in [5, 5.41) is 6.50. The SMILES string of the molecule is COc1cccc(NCCNCCCl)c1. The van der Waals surface area contributed by atoms with E-state index in [1.165, 1.54) is 0 Å². The average Bonchev–Trinajstić information content (AvgIpc) is 2.29. The molecule has 0 unspecified atom stereocenters. The summed E-state index contributed by atoms with van der Waals surface area (Å²) in [6.07, 6.45) is 0. The lowest BCUT2D eigenvalue weighted by atomic mass is 10.3. The van der Waals surface area contributed by atoms with Crippen LogP contribution < -0.4 is 15.4 Å². The summed E-state index contributed by atoms with van der Waals surface area (Å²) in [5.41, 5.74) is 1.07. The molecule has 0 heterocycles. The fourth-order valence-corrected chi connectivity index (χ4v) is 1.35. The lowest BCUT2D eigenvalue weighted by Crippen LogP contribution is -2.23. The number of alkyl halides is 1. The standard InChI is InChI=1S/C11H17ClN2O/c1-15-11-4-2-3-10(9-11)14-8-7-13-6-5-12/h2-4,9,13-14H,5-8H2,1H3. The minimum absolute atomic E-state index is 0.652. The Morgan fingerprint density at radius 1 is 1.27 bits per heavy atom. The molecular formula is C11H17ClN2O. The molecule has 1 rings (SSSR count). The van der Waals surface area contributed by atoms with Crippen molar-refractivity contribution < 1.29 is 4.74 Å². The molecule has 0 fully saturated rings. The highest BCUT2D eigenvalue weighted by Gasteiger charge is 1.94. The summed E-state index contributed by atoms with van der Waals surface area (Å²) in [6.45, 7) is 2.63. The molecule has 0 radical (unpaired) electrons. The number of hydrogen-bond donors (Lipinski definition) is 2. The normalized spacial score (nSPS) is 10.0. The molecule has 1 aromatic carbocycles. The minimum atomic E-state index is 0.652. The fraction of sp³-hybridized carbons (Fsp3) is 0.455. The van der Waals surface area contributed by atoms with Gasteiger partial charge in [0.2, 0.25) is 0 Å². The van der Waals surface area contributed by atoms with Crippen LogP contribution in [0.4, 0.5) is 5.69 Å². The minimum Gasteiger partial charge on any atom is -0.497 e. The van der Waals surface area contributed by atoms with Crippen molar-refractivity contribution in [3.05, 3.63) is 24.3 Å². The number of nitrogens with one attached hydrogen (secondary N) is 2. The van der Waals surface area contributed by atoms with E-state index in [0.29, 0.717) is 5.88 Å². The smallest absolute Gasteiger partial charge is 0.120 e. The van der Waals surface area contributed by atoms with Gasteiger partial charge in [-0.1, -0.05) is 6.07 Å². The summed E-state index contributed by atoms with van der Waals surface area (Å²) in [5.74, 6) is 1.52. The number of anilines is 1. The van der Waals surface area contributed by atoms with E-state index in [1.807, 2.05) is 24.3 Å². The summed E-state index contributed by atoms with van der Waals surface area (Å²) in [6, 6.07) is 7.88. The molecule has 0 aliphatic heterocycles. The Labute approximate surface area is 95.8 Å². The lowest BCUT2D eigenvalue weighted by Gasteiger charge is -2.08. The number of halogens is 1. The lowest BCUT2D eigenvalue weighted by molar-refractivity contribution is 0.415. The maximum absolute atomic E-state index is 5.54. The zero-order chi connectivity index (χ0) is 10.9. The molecule has 0 bridgehead atoms. The van der Waals surface area contributed by atoms with E-state index in [1.54, 1.807) is 7.11 Å². The maximum atomic E-state index is 5.54. The van der Waals surface area contributed by atoms with E-state index in [4.69, 9.17) is 16.3 Å². The Kier molecular flexibility index (Phi) is 5.97. The van der Waals surface area contributed by atoms with E-state index >= 15 is 0 Å². The van der Waals surface area contributed by atoms with Crippen molar-refractivity contribution in [1.29, 1.82) is 0 Å². The van der Waals surface area contributed by atoms with Gasteiger partial charge in [-0.3, -0.25) is 0 Å². The van der Waals surface area contributed by atoms with Gasteiger partial charge in [-0.2, -0.15) is 0 Å². The van der Waals surface area contributed by atoms with Crippen molar-refractivity contribution in [3.63, 3.8) is 0 Å². The third-order valence-corrected chi connectivity index (χ3v) is 2.16. The molecule has 0 aliphatic carbocycles. The van der Waals surface area contributed by atoms with Gasteiger partial charge >= 0.3 is 0 Å². The molecule has 0 saturated carbocycles. The van der Waals surface area contributed by atoms with Gasteiger partial charge in [0.05, 0.1) is 7.11 Å². The van der Waals surface area contributed by atoms with Crippen molar-refractivity contribution in [2.45, 2.75) is 0 Å². The van der Waals surface area contributed by atoms with E-state index in [0.717, 1.165) is 31.1 Å². The zero-order valence-electron chi connectivity index (χ0n) is 8.92. The third-order valence-electron chi connectivity index (χ3n) is 1.97. The highest BCUT2D eigenvalue weighted by molar-refractivity contribution is 6.18. The first-order chi connectivity index (χ1) is 7.36. The summed E-state index contributed by atoms with van der Waals surface area (Å²) < 4.78 is 5.13. The Morgan fingerprint density at radius 2 is 2.13 bits per heavy atom. The molecule has 3 nitrogen and oxygen atoms in total. The Hall–Kier alpha value is -0.930. The Morgan fingerprint density at radius 3 is 2.87 bits per heavy atom. The second-order valence-corrected chi connectivity index (χ2v) is 3.48. The van der Waals surface area contributed by atoms with Crippen LogP contribution in [0.15, 0.2) is 24.3 Å². The van der Waals surface area contributed by atoms with Gasteiger partial charge < -0.3 is 15.4 Å². The van der Waals surface area contributed by atoms with Crippen LogP contribution in [0, 0.1) is 0 Å². The quantitative estimate of drug-likeness (QED) is 0.553. The van der Waals surface area contributed by atoms with E-state index in [9.17, 15) is 0 Å². The van der Waals surface area contributed by atoms with Gasteiger partial charge in [-0.25, -0.2) is 0 Å². The topological polar surface area (TPSA) is 33.3 Å². The van der Waals surface area contributed by atoms with Gasteiger partial charge in [0.1, 0.15) is 5.75 Å². The molecule has 15 heavy (non-hydrogen) atoms. The number of methoxy groups -OCH3 is 1. The first kappa shape index (κ1) is 12.1. The highest BCUT2D eigenvalue weighted by atomic mass is 35.5. The van der Waals surface area contributed by atoms with Crippen molar-refractivity contribution in [2.24, 2.45) is 0 Å². The zero-order valence-corrected chi connectivity index (χ0v) is 9.68. The van der Waals surface area contributed by atoms with Crippen LogP contribution in [-0.4, -0.2) is 32.6 Å². The maximum Gasteiger partial charge on any atom is 0.120 e. The molecule has 0 spiro atoms. The van der Waals surface area contributed by atoms with Crippen LogP contribution in [-0.2, 0) is 0 Å². The Balaban J connectivity index is 2.24. The average molecular weight is 229 g/mol. The van der Waals surface area contributed by atoms with Gasteiger partial charge in [-0.15, -0.1) is 11.6 Å². The van der Waals surface area contributed by atoms with Gasteiger partial charge in [0.15, 0.2) is 0 Å². The van der Waals surface area contributed by atoms with Crippen LogP contribution >= 0.6 is 11.6 Å². The third kappa shape index (κ3) is 4.91. The number of rotatable bonds is 7. The molecule has 0 atom stereocenters. The molecule has 0 saturated heterocycles. The van der Waals surface area contributed by atoms with E-state index in [2.05, 4.69) is 10.6 Å². The first-order valence-electron chi connectivity index (χ1n) is 5.01. The predicted octanol–water partition coefficient (Wildman–Crippen LogP) is 1.94. The summed E-state index contributed by atoms with van der Waals surface area (Å²) in [4.78, 5) is 0. The van der Waals surface area contributed by atoms with Crippen LogP contribution in [0.25, 0.3) is 0 Å². The van der Waals surface area contributed by atoms with Crippen molar-refractivity contribution in [1.82, 2.24) is 5.32 Å². The predicted molar refractivity (Wildman–Crippen MR) is 65.1 cm³/mol. The summed E-state index contributed by atoms with van der Waals surface area (Å²) in [7, 11) is 1.67. The van der Waals surface area contributed by atoms with Crippen LogP contribution in [0.3, 0.4) is 0 Å². The van der Waals surface area contributed by atoms with Crippen LogP contribution in [0.1, 0.15) is 0 Å². The molecular weight excluding hydrogens is 212 g/mol. The van der Waals surface area contributed by atoms with Crippen LogP contribution in [0.5, 0.6) is 5.75 Å². The van der Waals surface area contributed by atoms with Crippen molar-refractivity contribution in [2.75, 3.05) is 37.9 Å². The fourth-order valence-electron chi connectivity index (χ4n) is 1.22. The van der Waals surface area contributed by atoms with Gasteiger partial charge in [0, 0.05) is 37.3 Å². The molecule has 4 heteroatoms.